The first-order chi connectivity index (χ1) is 13.9. The Morgan fingerprint density at radius 2 is 1.72 bits per heavy atom. The zero-order valence-electron chi connectivity index (χ0n) is 15.3. The van der Waals surface area contributed by atoms with Gasteiger partial charge in [-0.1, -0.05) is 18.2 Å². The van der Waals surface area contributed by atoms with E-state index in [0.29, 0.717) is 17.6 Å². The van der Waals surface area contributed by atoms with Gasteiger partial charge < -0.3 is 15.1 Å². The minimum Gasteiger partial charge on any atom is -0.368 e. The SMILES string of the molecule is O=C(CNc1ccc2nnc(C(F)(F)F)n2n1)N1CCN(c2ccccc2)CC1. The van der Waals surface area contributed by atoms with Crippen molar-refractivity contribution in [1.29, 1.82) is 0 Å². The van der Waals surface area contributed by atoms with Gasteiger partial charge in [0.1, 0.15) is 5.82 Å². The lowest BCUT2D eigenvalue weighted by Crippen LogP contribution is -2.50. The second-order valence-corrected chi connectivity index (χ2v) is 6.57. The van der Waals surface area contributed by atoms with E-state index in [2.05, 4.69) is 25.5 Å². The van der Waals surface area contributed by atoms with Gasteiger partial charge in [-0.3, -0.25) is 4.79 Å². The zero-order valence-corrected chi connectivity index (χ0v) is 15.3. The van der Waals surface area contributed by atoms with Gasteiger partial charge in [0.2, 0.25) is 5.91 Å². The molecule has 3 aromatic rings. The van der Waals surface area contributed by atoms with E-state index < -0.39 is 12.0 Å². The highest BCUT2D eigenvalue weighted by Gasteiger charge is 2.37. The fourth-order valence-corrected chi connectivity index (χ4v) is 3.19. The van der Waals surface area contributed by atoms with E-state index in [1.807, 2.05) is 30.3 Å². The number of carbonyl (C=O) groups excluding carboxylic acids is 1. The fourth-order valence-electron chi connectivity index (χ4n) is 3.19. The molecule has 4 rings (SSSR count). The maximum Gasteiger partial charge on any atom is 0.453 e. The number of aromatic nitrogens is 4. The van der Waals surface area contributed by atoms with Crippen LogP contribution in [-0.4, -0.2) is 63.3 Å². The predicted octanol–water partition coefficient (Wildman–Crippen LogP) is 1.90. The summed E-state index contributed by atoms with van der Waals surface area (Å²) in [6, 6.07) is 12.8. The topological polar surface area (TPSA) is 78.7 Å². The molecule has 0 spiro atoms. The first-order valence-electron chi connectivity index (χ1n) is 9.03. The number of nitrogens with one attached hydrogen (secondary N) is 1. The monoisotopic (exact) mass is 405 g/mol. The minimum absolute atomic E-state index is 0.0220. The molecular formula is C18H18F3N7O. The van der Waals surface area contributed by atoms with Crippen molar-refractivity contribution >= 4 is 23.1 Å². The molecule has 11 heteroatoms. The largest absolute Gasteiger partial charge is 0.453 e. The molecule has 0 unspecified atom stereocenters. The lowest BCUT2D eigenvalue weighted by atomic mass is 10.2. The van der Waals surface area contributed by atoms with E-state index in [-0.39, 0.29) is 23.9 Å². The summed E-state index contributed by atoms with van der Waals surface area (Å²) in [5.41, 5.74) is 1.09. The molecule has 0 saturated carbocycles. The average Bonchev–Trinajstić information content (AvgIpc) is 3.16. The number of hydrogen-bond donors (Lipinski definition) is 1. The summed E-state index contributed by atoms with van der Waals surface area (Å²) in [6.07, 6.45) is -4.67. The van der Waals surface area contributed by atoms with Gasteiger partial charge in [0.15, 0.2) is 5.65 Å². The Labute approximate surface area is 163 Å². The third-order valence-electron chi connectivity index (χ3n) is 4.69. The minimum atomic E-state index is -4.67. The van der Waals surface area contributed by atoms with Gasteiger partial charge >= 0.3 is 6.18 Å². The number of benzene rings is 1. The first kappa shape index (κ1) is 19.0. The number of alkyl halides is 3. The summed E-state index contributed by atoms with van der Waals surface area (Å²) in [5.74, 6) is -1.21. The van der Waals surface area contributed by atoms with Crippen molar-refractivity contribution in [1.82, 2.24) is 24.7 Å². The van der Waals surface area contributed by atoms with Crippen molar-refractivity contribution in [2.24, 2.45) is 0 Å². The number of amides is 1. The van der Waals surface area contributed by atoms with Crippen LogP contribution in [0.3, 0.4) is 0 Å². The molecule has 1 saturated heterocycles. The molecule has 152 valence electrons. The molecule has 0 bridgehead atoms. The molecule has 0 radical (unpaired) electrons. The van der Waals surface area contributed by atoms with Gasteiger partial charge in [-0.25, -0.2) is 0 Å². The normalized spacial score (nSPS) is 15.0. The molecule has 1 aliphatic rings. The Bertz CT molecular complexity index is 998. The van der Waals surface area contributed by atoms with Crippen LogP contribution < -0.4 is 10.2 Å². The summed E-state index contributed by atoms with van der Waals surface area (Å²) in [4.78, 5) is 16.4. The molecule has 2 aromatic heterocycles. The van der Waals surface area contributed by atoms with Crippen molar-refractivity contribution in [2.45, 2.75) is 6.18 Å². The van der Waals surface area contributed by atoms with Crippen LogP contribution in [0.5, 0.6) is 0 Å². The quantitative estimate of drug-likeness (QED) is 0.715. The van der Waals surface area contributed by atoms with Crippen LogP contribution in [0.4, 0.5) is 24.7 Å². The van der Waals surface area contributed by atoms with Crippen molar-refractivity contribution in [3.05, 3.63) is 48.3 Å². The van der Waals surface area contributed by atoms with Crippen LogP contribution in [-0.2, 0) is 11.0 Å². The first-order valence-corrected chi connectivity index (χ1v) is 9.03. The summed E-state index contributed by atoms with van der Waals surface area (Å²) in [5, 5.41) is 13.2. The molecule has 3 heterocycles. The molecule has 1 fully saturated rings. The van der Waals surface area contributed by atoms with Gasteiger partial charge in [0.25, 0.3) is 5.82 Å². The van der Waals surface area contributed by atoms with Crippen LogP contribution >= 0.6 is 0 Å². The molecule has 8 nitrogen and oxygen atoms in total. The number of fused-ring (bicyclic) bond motifs is 1. The van der Waals surface area contributed by atoms with E-state index in [4.69, 9.17) is 0 Å². The lowest BCUT2D eigenvalue weighted by molar-refractivity contribution is -0.146. The van der Waals surface area contributed by atoms with Gasteiger partial charge in [-0.05, 0) is 24.3 Å². The highest BCUT2D eigenvalue weighted by atomic mass is 19.4. The van der Waals surface area contributed by atoms with Crippen LogP contribution in [0.25, 0.3) is 5.65 Å². The Morgan fingerprint density at radius 3 is 2.41 bits per heavy atom. The summed E-state index contributed by atoms with van der Waals surface area (Å²) >= 11 is 0. The highest BCUT2D eigenvalue weighted by molar-refractivity contribution is 5.81. The van der Waals surface area contributed by atoms with Crippen molar-refractivity contribution in [3.8, 4) is 0 Å². The Kier molecular flexibility index (Phi) is 4.95. The third kappa shape index (κ3) is 4.08. The van der Waals surface area contributed by atoms with E-state index in [1.54, 1.807) is 4.90 Å². The van der Waals surface area contributed by atoms with E-state index in [1.165, 1.54) is 12.1 Å². The summed E-state index contributed by atoms with van der Waals surface area (Å²) in [6.45, 7) is 2.52. The van der Waals surface area contributed by atoms with Gasteiger partial charge in [-0.15, -0.1) is 15.3 Å². The predicted molar refractivity (Wildman–Crippen MR) is 99.5 cm³/mol. The van der Waals surface area contributed by atoms with Crippen LogP contribution in [0.2, 0.25) is 0 Å². The summed E-state index contributed by atoms with van der Waals surface area (Å²) < 4.78 is 39.5. The molecule has 29 heavy (non-hydrogen) atoms. The van der Waals surface area contributed by atoms with E-state index >= 15 is 0 Å². The molecule has 0 atom stereocenters. The van der Waals surface area contributed by atoms with Crippen LogP contribution in [0.15, 0.2) is 42.5 Å². The van der Waals surface area contributed by atoms with Gasteiger partial charge in [-0.2, -0.15) is 17.7 Å². The number of para-hydroxylation sites is 1. The lowest BCUT2D eigenvalue weighted by Gasteiger charge is -2.36. The number of carbonyl (C=O) groups is 1. The van der Waals surface area contributed by atoms with Crippen molar-refractivity contribution in [2.75, 3.05) is 42.9 Å². The van der Waals surface area contributed by atoms with Crippen LogP contribution in [0, 0.1) is 0 Å². The summed E-state index contributed by atoms with van der Waals surface area (Å²) in [7, 11) is 0. The molecule has 1 aliphatic heterocycles. The van der Waals surface area contributed by atoms with Gasteiger partial charge in [0.05, 0.1) is 6.54 Å². The average molecular weight is 405 g/mol. The standard InChI is InChI=1S/C18H18F3N7O/c19-18(20,21)17-24-23-15-7-6-14(25-28(15)17)22-12-16(29)27-10-8-26(9-11-27)13-4-2-1-3-5-13/h1-7H,8-12H2,(H,22,25). The number of hydrogen-bond acceptors (Lipinski definition) is 6. The molecule has 1 N–H and O–H groups in total. The maximum atomic E-state index is 12.9. The molecule has 1 amide bonds. The zero-order chi connectivity index (χ0) is 20.4. The highest BCUT2D eigenvalue weighted by Crippen LogP contribution is 2.27. The van der Waals surface area contributed by atoms with Crippen molar-refractivity contribution < 1.29 is 18.0 Å². The Balaban J connectivity index is 1.35. The number of nitrogens with zero attached hydrogens (tertiary/aromatic N) is 6. The van der Waals surface area contributed by atoms with E-state index in [0.717, 1.165) is 18.8 Å². The molecule has 0 aliphatic carbocycles. The molecular weight excluding hydrogens is 387 g/mol. The van der Waals surface area contributed by atoms with Crippen molar-refractivity contribution in [3.63, 3.8) is 0 Å². The van der Waals surface area contributed by atoms with E-state index in [9.17, 15) is 18.0 Å². The van der Waals surface area contributed by atoms with Gasteiger partial charge in [0, 0.05) is 31.9 Å². The third-order valence-corrected chi connectivity index (χ3v) is 4.69. The maximum absolute atomic E-state index is 12.9. The second kappa shape index (κ2) is 7.57. The number of anilines is 2. The Morgan fingerprint density at radius 1 is 1.00 bits per heavy atom. The fraction of sp³-hybridized carbons (Fsp3) is 0.333. The number of piperazine rings is 1. The smallest absolute Gasteiger partial charge is 0.368 e. The second-order valence-electron chi connectivity index (χ2n) is 6.57. The number of rotatable bonds is 4. The van der Waals surface area contributed by atoms with Crippen LogP contribution in [0.1, 0.15) is 5.82 Å². The Hall–Kier alpha value is -3.37. The molecule has 1 aromatic carbocycles. The number of halogens is 3.